The number of rotatable bonds is 6. The van der Waals surface area contributed by atoms with Crippen molar-refractivity contribution in [1.82, 2.24) is 10.2 Å². The zero-order valence-electron chi connectivity index (χ0n) is 15.9. The standard InChI is InChI=1S/C21H24FN3O3/c1-28-21(27)17-8-6-16(7-9-17)20(26)23-10-11-24-12-14-25(15-13-24)19-5-3-2-4-18(19)22/h2-9H,10-15H2,1H3,(H,23,26). The second kappa shape index (κ2) is 9.32. The van der Waals surface area contributed by atoms with Crippen LogP contribution in [0, 0.1) is 5.82 Å². The predicted octanol–water partition coefficient (Wildman–Crippen LogP) is 2.16. The molecular formula is C21H24FN3O3. The molecule has 1 amide bonds. The highest BCUT2D eigenvalue weighted by Gasteiger charge is 2.19. The van der Waals surface area contributed by atoms with Crippen LogP contribution < -0.4 is 10.2 Å². The van der Waals surface area contributed by atoms with Gasteiger partial charge in [-0.1, -0.05) is 12.1 Å². The number of carbonyl (C=O) groups excluding carboxylic acids is 2. The molecule has 0 unspecified atom stereocenters. The number of benzene rings is 2. The van der Waals surface area contributed by atoms with E-state index in [0.29, 0.717) is 23.4 Å². The summed E-state index contributed by atoms with van der Waals surface area (Å²) in [4.78, 5) is 27.9. The van der Waals surface area contributed by atoms with Crippen molar-refractivity contribution in [2.24, 2.45) is 0 Å². The van der Waals surface area contributed by atoms with E-state index in [-0.39, 0.29) is 11.7 Å². The average Bonchev–Trinajstić information content (AvgIpc) is 2.74. The van der Waals surface area contributed by atoms with Crippen molar-refractivity contribution in [2.75, 3.05) is 51.3 Å². The number of nitrogens with zero attached hydrogens (tertiary/aromatic N) is 2. The molecule has 0 aromatic heterocycles. The highest BCUT2D eigenvalue weighted by molar-refractivity contribution is 5.96. The summed E-state index contributed by atoms with van der Waals surface area (Å²) < 4.78 is 18.5. The predicted molar refractivity (Wildman–Crippen MR) is 105 cm³/mol. The minimum Gasteiger partial charge on any atom is -0.465 e. The topological polar surface area (TPSA) is 61.9 Å². The maximum absolute atomic E-state index is 13.9. The van der Waals surface area contributed by atoms with Gasteiger partial charge in [-0.05, 0) is 36.4 Å². The fraction of sp³-hybridized carbons (Fsp3) is 0.333. The lowest BCUT2D eigenvalue weighted by atomic mass is 10.1. The van der Waals surface area contributed by atoms with Crippen LogP contribution in [0.4, 0.5) is 10.1 Å². The van der Waals surface area contributed by atoms with Gasteiger partial charge in [-0.25, -0.2) is 9.18 Å². The van der Waals surface area contributed by atoms with Crippen molar-refractivity contribution < 1.29 is 18.7 Å². The summed E-state index contributed by atoms with van der Waals surface area (Å²) in [5.41, 5.74) is 1.55. The summed E-state index contributed by atoms with van der Waals surface area (Å²) in [6, 6.07) is 13.2. The Balaban J connectivity index is 1.41. The van der Waals surface area contributed by atoms with E-state index < -0.39 is 5.97 Å². The lowest BCUT2D eigenvalue weighted by Crippen LogP contribution is -2.48. The number of para-hydroxylation sites is 1. The van der Waals surface area contributed by atoms with Crippen LogP contribution in [0.2, 0.25) is 0 Å². The summed E-state index contributed by atoms with van der Waals surface area (Å²) in [5.74, 6) is -0.802. The normalized spacial score (nSPS) is 14.6. The molecule has 0 bridgehead atoms. The Kier molecular flexibility index (Phi) is 6.60. The molecule has 0 atom stereocenters. The quantitative estimate of drug-likeness (QED) is 0.773. The Morgan fingerprint density at radius 1 is 1.00 bits per heavy atom. The fourth-order valence-corrected chi connectivity index (χ4v) is 3.23. The first-order valence-electron chi connectivity index (χ1n) is 9.27. The molecule has 6 nitrogen and oxygen atoms in total. The van der Waals surface area contributed by atoms with Gasteiger partial charge in [-0.15, -0.1) is 0 Å². The number of halogens is 1. The monoisotopic (exact) mass is 385 g/mol. The Morgan fingerprint density at radius 2 is 1.64 bits per heavy atom. The molecule has 3 rings (SSSR count). The molecular weight excluding hydrogens is 361 g/mol. The van der Waals surface area contributed by atoms with E-state index in [4.69, 9.17) is 0 Å². The van der Waals surface area contributed by atoms with Gasteiger partial charge in [0.05, 0.1) is 18.4 Å². The van der Waals surface area contributed by atoms with Crippen LogP contribution in [0.1, 0.15) is 20.7 Å². The molecule has 148 valence electrons. The van der Waals surface area contributed by atoms with E-state index in [0.717, 1.165) is 32.7 Å². The first-order valence-corrected chi connectivity index (χ1v) is 9.27. The molecule has 2 aromatic rings. The lowest BCUT2D eigenvalue weighted by Gasteiger charge is -2.36. The van der Waals surface area contributed by atoms with Crippen LogP contribution in [-0.4, -0.2) is 63.2 Å². The number of esters is 1. The Bertz CT molecular complexity index is 818. The highest BCUT2D eigenvalue weighted by Crippen LogP contribution is 2.19. The van der Waals surface area contributed by atoms with Crippen LogP contribution >= 0.6 is 0 Å². The molecule has 2 aromatic carbocycles. The Hall–Kier alpha value is -2.93. The number of carbonyl (C=O) groups is 2. The number of piperazine rings is 1. The minimum atomic E-state index is -0.429. The van der Waals surface area contributed by atoms with Crippen molar-refractivity contribution in [3.8, 4) is 0 Å². The Morgan fingerprint density at radius 3 is 2.29 bits per heavy atom. The first kappa shape index (κ1) is 19.8. The van der Waals surface area contributed by atoms with Gasteiger partial charge in [0.25, 0.3) is 5.91 Å². The molecule has 1 aliphatic rings. The lowest BCUT2D eigenvalue weighted by molar-refractivity contribution is 0.0600. The number of methoxy groups -OCH3 is 1. The molecule has 0 saturated carbocycles. The minimum absolute atomic E-state index is 0.179. The van der Waals surface area contributed by atoms with Gasteiger partial charge in [0.15, 0.2) is 0 Å². The van der Waals surface area contributed by atoms with Gasteiger partial charge in [-0.3, -0.25) is 9.69 Å². The van der Waals surface area contributed by atoms with E-state index in [1.54, 1.807) is 36.4 Å². The molecule has 0 spiro atoms. The van der Waals surface area contributed by atoms with Crippen LogP contribution in [0.15, 0.2) is 48.5 Å². The van der Waals surface area contributed by atoms with Gasteiger partial charge in [0.2, 0.25) is 0 Å². The second-order valence-electron chi connectivity index (χ2n) is 6.60. The van der Waals surface area contributed by atoms with Gasteiger partial charge in [0, 0.05) is 44.8 Å². The van der Waals surface area contributed by atoms with Crippen molar-refractivity contribution in [3.63, 3.8) is 0 Å². The summed E-state index contributed by atoms with van der Waals surface area (Å²) in [6.45, 7) is 4.40. The third kappa shape index (κ3) is 4.86. The third-order valence-corrected chi connectivity index (χ3v) is 4.85. The van der Waals surface area contributed by atoms with E-state index in [1.165, 1.54) is 13.2 Å². The molecule has 28 heavy (non-hydrogen) atoms. The molecule has 0 aliphatic carbocycles. The molecule has 1 aliphatic heterocycles. The average molecular weight is 385 g/mol. The van der Waals surface area contributed by atoms with Crippen LogP contribution in [0.5, 0.6) is 0 Å². The Labute approximate surface area is 163 Å². The van der Waals surface area contributed by atoms with Gasteiger partial charge < -0.3 is 15.0 Å². The molecule has 1 N–H and O–H groups in total. The number of amides is 1. The summed E-state index contributed by atoms with van der Waals surface area (Å²) >= 11 is 0. The van der Waals surface area contributed by atoms with E-state index in [1.807, 2.05) is 11.0 Å². The number of hydrogen-bond acceptors (Lipinski definition) is 5. The van der Waals surface area contributed by atoms with Gasteiger partial charge >= 0.3 is 5.97 Å². The largest absolute Gasteiger partial charge is 0.465 e. The highest BCUT2D eigenvalue weighted by atomic mass is 19.1. The van der Waals surface area contributed by atoms with Crippen LogP contribution in [0.3, 0.4) is 0 Å². The molecule has 1 fully saturated rings. The zero-order valence-corrected chi connectivity index (χ0v) is 15.9. The van der Waals surface area contributed by atoms with Crippen LogP contribution in [-0.2, 0) is 4.74 Å². The van der Waals surface area contributed by atoms with E-state index in [2.05, 4.69) is 15.0 Å². The third-order valence-electron chi connectivity index (χ3n) is 4.85. The van der Waals surface area contributed by atoms with Gasteiger partial charge in [0.1, 0.15) is 5.82 Å². The molecule has 7 heteroatoms. The summed E-state index contributed by atoms with van der Waals surface area (Å²) in [6.07, 6.45) is 0. The first-order chi connectivity index (χ1) is 13.6. The number of nitrogens with one attached hydrogen (secondary N) is 1. The molecule has 1 heterocycles. The maximum Gasteiger partial charge on any atom is 0.337 e. The maximum atomic E-state index is 13.9. The molecule has 0 radical (unpaired) electrons. The number of ether oxygens (including phenoxy) is 1. The van der Waals surface area contributed by atoms with Crippen molar-refractivity contribution >= 4 is 17.6 Å². The van der Waals surface area contributed by atoms with Crippen molar-refractivity contribution in [3.05, 3.63) is 65.5 Å². The van der Waals surface area contributed by atoms with Crippen molar-refractivity contribution in [2.45, 2.75) is 0 Å². The number of hydrogen-bond donors (Lipinski definition) is 1. The fourth-order valence-electron chi connectivity index (χ4n) is 3.23. The molecule has 1 saturated heterocycles. The second-order valence-corrected chi connectivity index (χ2v) is 6.60. The van der Waals surface area contributed by atoms with Crippen molar-refractivity contribution in [1.29, 1.82) is 0 Å². The smallest absolute Gasteiger partial charge is 0.337 e. The summed E-state index contributed by atoms with van der Waals surface area (Å²) in [7, 11) is 1.32. The SMILES string of the molecule is COC(=O)c1ccc(C(=O)NCCN2CCN(c3ccccc3F)CC2)cc1. The summed E-state index contributed by atoms with van der Waals surface area (Å²) in [5, 5.41) is 2.89. The zero-order chi connectivity index (χ0) is 19.9. The van der Waals surface area contributed by atoms with E-state index in [9.17, 15) is 14.0 Å². The number of anilines is 1. The van der Waals surface area contributed by atoms with E-state index >= 15 is 0 Å². The van der Waals surface area contributed by atoms with Gasteiger partial charge in [-0.2, -0.15) is 0 Å². The van der Waals surface area contributed by atoms with Crippen LogP contribution in [0.25, 0.3) is 0 Å².